The van der Waals surface area contributed by atoms with Crippen LogP contribution in [0, 0.1) is 6.92 Å². The number of amides is 2. The SMILES string of the molecule is CCN(C(=O)CN1CCC(NC(=O)c2ccccc2C)CC1)c1cccc2ccccc12. The Labute approximate surface area is 190 Å². The summed E-state index contributed by atoms with van der Waals surface area (Å²) in [6.45, 7) is 6.62. The molecular weight excluding hydrogens is 398 g/mol. The number of likely N-dealkylation sites (tertiary alicyclic amines) is 1. The molecule has 0 bridgehead atoms. The van der Waals surface area contributed by atoms with Gasteiger partial charge in [0, 0.05) is 36.6 Å². The standard InChI is InChI=1S/C27H31N3O2/c1-3-30(25-14-8-11-21-10-5-7-13-24(21)25)26(31)19-29-17-15-22(16-18-29)28-27(32)23-12-6-4-9-20(23)2/h4-14,22H,3,15-19H2,1-2H3,(H,28,32). The maximum atomic E-state index is 13.2. The van der Waals surface area contributed by atoms with Crippen LogP contribution in [-0.4, -0.2) is 48.9 Å². The zero-order valence-electron chi connectivity index (χ0n) is 18.9. The molecule has 3 aromatic rings. The number of anilines is 1. The van der Waals surface area contributed by atoms with E-state index in [2.05, 4.69) is 28.4 Å². The molecule has 1 saturated heterocycles. The van der Waals surface area contributed by atoms with Gasteiger partial charge in [0.25, 0.3) is 5.91 Å². The first-order valence-electron chi connectivity index (χ1n) is 11.4. The van der Waals surface area contributed by atoms with Crippen molar-refractivity contribution >= 4 is 28.3 Å². The lowest BCUT2D eigenvalue weighted by Crippen LogP contribution is -2.48. The summed E-state index contributed by atoms with van der Waals surface area (Å²) in [5.74, 6) is 0.108. The van der Waals surface area contributed by atoms with E-state index in [1.807, 2.05) is 67.3 Å². The van der Waals surface area contributed by atoms with Gasteiger partial charge in [-0.15, -0.1) is 0 Å². The van der Waals surface area contributed by atoms with Crippen LogP contribution in [0.25, 0.3) is 10.8 Å². The van der Waals surface area contributed by atoms with E-state index < -0.39 is 0 Å². The first-order chi connectivity index (χ1) is 15.6. The van der Waals surface area contributed by atoms with Crippen molar-refractivity contribution < 1.29 is 9.59 Å². The second kappa shape index (κ2) is 9.96. The Morgan fingerprint density at radius 3 is 2.41 bits per heavy atom. The molecule has 4 rings (SSSR count). The van der Waals surface area contributed by atoms with Gasteiger partial charge in [0.05, 0.1) is 12.2 Å². The molecule has 3 aromatic carbocycles. The number of hydrogen-bond donors (Lipinski definition) is 1. The van der Waals surface area contributed by atoms with Gasteiger partial charge in [0.15, 0.2) is 0 Å². The Morgan fingerprint density at radius 1 is 0.969 bits per heavy atom. The van der Waals surface area contributed by atoms with Crippen molar-refractivity contribution in [3.63, 3.8) is 0 Å². The van der Waals surface area contributed by atoms with Crippen LogP contribution < -0.4 is 10.2 Å². The van der Waals surface area contributed by atoms with E-state index in [-0.39, 0.29) is 17.9 Å². The summed E-state index contributed by atoms with van der Waals surface area (Å²) < 4.78 is 0. The van der Waals surface area contributed by atoms with Crippen molar-refractivity contribution in [2.45, 2.75) is 32.7 Å². The summed E-state index contributed by atoms with van der Waals surface area (Å²) in [6.07, 6.45) is 1.70. The number of aryl methyl sites for hydroxylation is 1. The molecule has 1 aliphatic heterocycles. The molecule has 1 heterocycles. The molecule has 1 aliphatic rings. The van der Waals surface area contributed by atoms with Gasteiger partial charge in [0.1, 0.15) is 0 Å². The average Bonchev–Trinajstić information content (AvgIpc) is 2.81. The minimum Gasteiger partial charge on any atom is -0.349 e. The highest BCUT2D eigenvalue weighted by atomic mass is 16.2. The quantitative estimate of drug-likeness (QED) is 0.632. The third-order valence-corrected chi connectivity index (χ3v) is 6.35. The summed E-state index contributed by atoms with van der Waals surface area (Å²) >= 11 is 0. The smallest absolute Gasteiger partial charge is 0.251 e. The molecule has 32 heavy (non-hydrogen) atoms. The van der Waals surface area contributed by atoms with Gasteiger partial charge >= 0.3 is 0 Å². The number of benzene rings is 3. The topological polar surface area (TPSA) is 52.7 Å². The number of fused-ring (bicyclic) bond motifs is 1. The normalized spacial score (nSPS) is 14.9. The minimum absolute atomic E-state index is 0.00857. The van der Waals surface area contributed by atoms with Gasteiger partial charge in [-0.3, -0.25) is 14.5 Å². The average molecular weight is 430 g/mol. The largest absolute Gasteiger partial charge is 0.349 e. The maximum absolute atomic E-state index is 13.2. The number of carbonyl (C=O) groups is 2. The van der Waals surface area contributed by atoms with Gasteiger partial charge in [-0.1, -0.05) is 54.6 Å². The summed E-state index contributed by atoms with van der Waals surface area (Å²) in [4.78, 5) is 29.9. The zero-order valence-corrected chi connectivity index (χ0v) is 18.9. The van der Waals surface area contributed by atoms with Crippen molar-refractivity contribution in [1.82, 2.24) is 10.2 Å². The molecule has 0 unspecified atom stereocenters. The Morgan fingerprint density at radius 2 is 1.66 bits per heavy atom. The van der Waals surface area contributed by atoms with E-state index in [9.17, 15) is 9.59 Å². The Kier molecular flexibility index (Phi) is 6.86. The van der Waals surface area contributed by atoms with E-state index in [4.69, 9.17) is 0 Å². The van der Waals surface area contributed by atoms with Crippen molar-refractivity contribution in [2.75, 3.05) is 31.1 Å². The van der Waals surface area contributed by atoms with Crippen LogP contribution in [0.4, 0.5) is 5.69 Å². The van der Waals surface area contributed by atoms with E-state index in [1.165, 1.54) is 0 Å². The summed E-state index contributed by atoms with van der Waals surface area (Å²) in [7, 11) is 0. The first kappa shape index (κ1) is 22.0. The molecule has 2 amide bonds. The summed E-state index contributed by atoms with van der Waals surface area (Å²) in [6, 6.07) is 22.1. The molecule has 0 atom stereocenters. The number of hydrogen-bond acceptors (Lipinski definition) is 3. The highest BCUT2D eigenvalue weighted by molar-refractivity contribution is 6.04. The van der Waals surface area contributed by atoms with E-state index in [0.717, 1.165) is 53.5 Å². The lowest BCUT2D eigenvalue weighted by atomic mass is 10.0. The zero-order chi connectivity index (χ0) is 22.5. The lowest BCUT2D eigenvalue weighted by molar-refractivity contribution is -0.120. The van der Waals surface area contributed by atoms with Crippen molar-refractivity contribution in [2.24, 2.45) is 0 Å². The predicted octanol–water partition coefficient (Wildman–Crippen LogP) is 4.40. The van der Waals surface area contributed by atoms with Gasteiger partial charge in [0.2, 0.25) is 5.91 Å². The number of piperidine rings is 1. The van der Waals surface area contributed by atoms with Crippen LogP contribution in [0.15, 0.2) is 66.7 Å². The molecule has 0 aliphatic carbocycles. The third kappa shape index (κ3) is 4.83. The van der Waals surface area contributed by atoms with Gasteiger partial charge in [-0.2, -0.15) is 0 Å². The fourth-order valence-corrected chi connectivity index (χ4v) is 4.53. The Bertz CT molecular complexity index is 1100. The fraction of sp³-hybridized carbons (Fsp3) is 0.333. The van der Waals surface area contributed by atoms with Crippen LogP contribution >= 0.6 is 0 Å². The minimum atomic E-state index is -0.00857. The summed E-state index contributed by atoms with van der Waals surface area (Å²) in [5.41, 5.74) is 2.69. The van der Waals surface area contributed by atoms with E-state index in [1.54, 1.807) is 0 Å². The molecule has 1 N–H and O–H groups in total. The molecule has 0 radical (unpaired) electrons. The van der Waals surface area contributed by atoms with Gasteiger partial charge < -0.3 is 10.2 Å². The molecule has 0 saturated carbocycles. The van der Waals surface area contributed by atoms with Crippen LogP contribution in [-0.2, 0) is 4.79 Å². The molecule has 1 fully saturated rings. The van der Waals surface area contributed by atoms with Gasteiger partial charge in [-0.25, -0.2) is 0 Å². The Hall–Kier alpha value is -3.18. The van der Waals surface area contributed by atoms with Crippen LogP contribution in [0.1, 0.15) is 35.7 Å². The predicted molar refractivity (Wildman–Crippen MR) is 130 cm³/mol. The Balaban J connectivity index is 1.34. The number of nitrogens with zero attached hydrogens (tertiary/aromatic N) is 2. The summed E-state index contributed by atoms with van der Waals surface area (Å²) in [5, 5.41) is 5.41. The number of rotatable bonds is 6. The monoisotopic (exact) mass is 429 g/mol. The molecule has 166 valence electrons. The van der Waals surface area contributed by atoms with Crippen molar-refractivity contribution in [1.29, 1.82) is 0 Å². The molecule has 5 heteroatoms. The van der Waals surface area contributed by atoms with E-state index >= 15 is 0 Å². The fourth-order valence-electron chi connectivity index (χ4n) is 4.53. The molecule has 0 spiro atoms. The van der Waals surface area contributed by atoms with Crippen LogP contribution in [0.3, 0.4) is 0 Å². The lowest BCUT2D eigenvalue weighted by Gasteiger charge is -2.33. The maximum Gasteiger partial charge on any atom is 0.251 e. The number of carbonyl (C=O) groups excluding carboxylic acids is 2. The van der Waals surface area contributed by atoms with Crippen molar-refractivity contribution in [3.8, 4) is 0 Å². The van der Waals surface area contributed by atoms with Crippen LogP contribution in [0.5, 0.6) is 0 Å². The number of likely N-dealkylation sites (N-methyl/N-ethyl adjacent to an activating group) is 1. The van der Waals surface area contributed by atoms with Crippen LogP contribution in [0.2, 0.25) is 0 Å². The first-order valence-corrected chi connectivity index (χ1v) is 11.4. The molecule has 0 aromatic heterocycles. The van der Waals surface area contributed by atoms with Crippen molar-refractivity contribution in [3.05, 3.63) is 77.9 Å². The number of nitrogens with one attached hydrogen (secondary N) is 1. The highest BCUT2D eigenvalue weighted by Gasteiger charge is 2.25. The molecular formula is C27H31N3O2. The molecule has 5 nitrogen and oxygen atoms in total. The van der Waals surface area contributed by atoms with Gasteiger partial charge in [-0.05, 0) is 49.8 Å². The second-order valence-corrected chi connectivity index (χ2v) is 8.48. The third-order valence-electron chi connectivity index (χ3n) is 6.35. The van der Waals surface area contributed by atoms with E-state index in [0.29, 0.717) is 13.1 Å². The second-order valence-electron chi connectivity index (χ2n) is 8.48. The highest BCUT2D eigenvalue weighted by Crippen LogP contribution is 2.27.